The molecule has 6 nitrogen and oxygen atoms in total. The lowest BCUT2D eigenvalue weighted by molar-refractivity contribution is 0.0543. The van der Waals surface area contributed by atoms with Gasteiger partial charge in [-0.1, -0.05) is 36.4 Å². The topological polar surface area (TPSA) is 54.6 Å². The third-order valence-corrected chi connectivity index (χ3v) is 7.96. The van der Waals surface area contributed by atoms with Gasteiger partial charge in [0, 0.05) is 32.3 Å². The normalized spacial score (nSPS) is 22.5. The van der Waals surface area contributed by atoms with Crippen LogP contribution in [0.25, 0.3) is 11.0 Å². The number of hydrogen-bond acceptors (Lipinski definition) is 6. The van der Waals surface area contributed by atoms with E-state index in [4.69, 9.17) is 9.37 Å². The predicted molar refractivity (Wildman–Crippen MR) is 128 cm³/mol. The fourth-order valence-corrected chi connectivity index (χ4v) is 6.17. The second-order valence-electron chi connectivity index (χ2n) is 10.2. The molecule has 33 heavy (non-hydrogen) atoms. The summed E-state index contributed by atoms with van der Waals surface area (Å²) in [6, 6.07) is 15.9. The van der Waals surface area contributed by atoms with E-state index < -0.39 is 0 Å². The molecule has 1 aliphatic carbocycles. The molecule has 6 rings (SSSR count). The zero-order chi connectivity index (χ0) is 22.0. The molecule has 2 saturated heterocycles. The molecule has 0 radical (unpaired) electrons. The van der Waals surface area contributed by atoms with Crippen molar-refractivity contribution in [3.05, 3.63) is 59.2 Å². The zero-order valence-corrected chi connectivity index (χ0v) is 19.4. The maximum atomic E-state index is 6.00. The molecule has 3 heterocycles. The zero-order valence-electron chi connectivity index (χ0n) is 19.4. The van der Waals surface area contributed by atoms with Gasteiger partial charge >= 0.3 is 0 Å². The predicted octanol–water partition coefficient (Wildman–Crippen LogP) is 4.08. The first-order valence-electron chi connectivity index (χ1n) is 12.7. The number of fused-ring (bicyclic) bond motifs is 2. The molecule has 1 aromatic heterocycles. The van der Waals surface area contributed by atoms with Crippen molar-refractivity contribution < 1.29 is 9.37 Å². The summed E-state index contributed by atoms with van der Waals surface area (Å²) in [6.45, 7) is 6.35. The van der Waals surface area contributed by atoms with Gasteiger partial charge in [-0.3, -0.25) is 9.80 Å². The van der Waals surface area contributed by atoms with E-state index in [0.29, 0.717) is 12.1 Å². The molecule has 0 spiro atoms. The van der Waals surface area contributed by atoms with Gasteiger partial charge in [0.15, 0.2) is 0 Å². The number of hydrogen-bond donors (Lipinski definition) is 0. The SMILES string of the molecule is c1ccc2c(c1)CC(N1CCC(CN(Cc3cccc4nonc34)CC3CCCO3)CC1)C2. The molecule has 0 N–H and O–H groups in total. The fourth-order valence-electron chi connectivity index (χ4n) is 6.17. The van der Waals surface area contributed by atoms with Crippen molar-refractivity contribution in [3.63, 3.8) is 0 Å². The maximum Gasteiger partial charge on any atom is 0.139 e. The van der Waals surface area contributed by atoms with Gasteiger partial charge in [-0.15, -0.1) is 0 Å². The average molecular weight is 447 g/mol. The Kier molecular flexibility index (Phi) is 6.14. The second-order valence-corrected chi connectivity index (χ2v) is 10.2. The van der Waals surface area contributed by atoms with Gasteiger partial charge in [-0.2, -0.15) is 0 Å². The van der Waals surface area contributed by atoms with Crippen LogP contribution in [0.1, 0.15) is 42.4 Å². The van der Waals surface area contributed by atoms with Crippen LogP contribution in [0.2, 0.25) is 0 Å². The summed E-state index contributed by atoms with van der Waals surface area (Å²) in [7, 11) is 0. The molecule has 3 aliphatic rings. The van der Waals surface area contributed by atoms with Crippen LogP contribution in [0.3, 0.4) is 0 Å². The Balaban J connectivity index is 1.09. The van der Waals surface area contributed by atoms with Gasteiger partial charge < -0.3 is 4.74 Å². The Hall–Kier alpha value is -2.28. The Morgan fingerprint density at radius 1 is 0.909 bits per heavy atom. The lowest BCUT2D eigenvalue weighted by Gasteiger charge is -2.38. The van der Waals surface area contributed by atoms with E-state index in [1.807, 2.05) is 6.07 Å². The highest BCUT2D eigenvalue weighted by Crippen LogP contribution is 2.29. The number of ether oxygens (including phenoxy) is 1. The van der Waals surface area contributed by atoms with Crippen molar-refractivity contribution in [1.82, 2.24) is 20.1 Å². The summed E-state index contributed by atoms with van der Waals surface area (Å²) < 4.78 is 11.0. The first-order chi connectivity index (χ1) is 16.3. The number of rotatable bonds is 7. The number of aromatic nitrogens is 2. The van der Waals surface area contributed by atoms with E-state index in [2.05, 4.69) is 56.5 Å². The number of nitrogens with zero attached hydrogens (tertiary/aromatic N) is 4. The summed E-state index contributed by atoms with van der Waals surface area (Å²) in [5, 5.41) is 8.20. The molecule has 0 bridgehead atoms. The Morgan fingerprint density at radius 3 is 2.48 bits per heavy atom. The smallest absolute Gasteiger partial charge is 0.139 e. The average Bonchev–Trinajstić information content (AvgIpc) is 3.60. The molecule has 2 aromatic carbocycles. The van der Waals surface area contributed by atoms with Crippen LogP contribution < -0.4 is 0 Å². The lowest BCUT2D eigenvalue weighted by Crippen LogP contribution is -2.44. The molecule has 0 saturated carbocycles. The van der Waals surface area contributed by atoms with E-state index in [1.165, 1.54) is 57.2 Å². The Labute approximate surface area is 195 Å². The van der Waals surface area contributed by atoms with Crippen molar-refractivity contribution >= 4 is 11.0 Å². The molecular weight excluding hydrogens is 412 g/mol. The van der Waals surface area contributed by atoms with Crippen LogP contribution in [0.5, 0.6) is 0 Å². The highest BCUT2D eigenvalue weighted by atomic mass is 16.6. The summed E-state index contributed by atoms with van der Waals surface area (Å²) in [5.74, 6) is 0.737. The summed E-state index contributed by atoms with van der Waals surface area (Å²) in [6.07, 6.45) is 7.73. The standard InChI is InChI=1S/C27H34N4O2/c1-2-6-22-16-24(15-21(22)5-1)31-12-10-20(11-13-31)17-30(19-25-8-4-14-32-25)18-23-7-3-9-26-27(23)29-33-28-26/h1-3,5-7,9,20,24-25H,4,8,10-19H2. The first kappa shape index (κ1) is 21.3. The van der Waals surface area contributed by atoms with E-state index in [1.54, 1.807) is 11.1 Å². The molecule has 1 atom stereocenters. The van der Waals surface area contributed by atoms with Crippen LogP contribution in [0, 0.1) is 5.92 Å². The van der Waals surface area contributed by atoms with Crippen molar-refractivity contribution in [2.45, 2.75) is 57.2 Å². The molecule has 1 unspecified atom stereocenters. The minimum Gasteiger partial charge on any atom is -0.377 e. The van der Waals surface area contributed by atoms with Crippen molar-refractivity contribution in [1.29, 1.82) is 0 Å². The van der Waals surface area contributed by atoms with Crippen molar-refractivity contribution in [3.8, 4) is 0 Å². The monoisotopic (exact) mass is 446 g/mol. The second kappa shape index (κ2) is 9.53. The summed E-state index contributed by atoms with van der Waals surface area (Å²) >= 11 is 0. The van der Waals surface area contributed by atoms with Crippen molar-refractivity contribution in [2.75, 3.05) is 32.8 Å². The van der Waals surface area contributed by atoms with Crippen LogP contribution in [0.15, 0.2) is 47.1 Å². The van der Waals surface area contributed by atoms with Crippen molar-refractivity contribution in [2.24, 2.45) is 5.92 Å². The van der Waals surface area contributed by atoms with Crippen LogP contribution in [-0.4, -0.2) is 65.0 Å². The minimum absolute atomic E-state index is 0.358. The largest absolute Gasteiger partial charge is 0.377 e. The lowest BCUT2D eigenvalue weighted by atomic mass is 9.94. The van der Waals surface area contributed by atoms with Gasteiger partial charge in [0.25, 0.3) is 0 Å². The van der Waals surface area contributed by atoms with Gasteiger partial charge in [0.2, 0.25) is 0 Å². The molecule has 2 fully saturated rings. The Bertz CT molecular complexity index is 1040. The van der Waals surface area contributed by atoms with Gasteiger partial charge in [0.05, 0.1) is 6.10 Å². The van der Waals surface area contributed by atoms with Gasteiger partial charge in [-0.25, -0.2) is 4.63 Å². The first-order valence-corrected chi connectivity index (χ1v) is 12.7. The van der Waals surface area contributed by atoms with E-state index in [0.717, 1.165) is 43.2 Å². The number of likely N-dealkylation sites (tertiary alicyclic amines) is 1. The summed E-state index contributed by atoms with van der Waals surface area (Å²) in [5.41, 5.74) is 6.06. The maximum absolute atomic E-state index is 6.00. The third kappa shape index (κ3) is 4.70. The molecule has 3 aromatic rings. The quantitative estimate of drug-likeness (QED) is 0.545. The van der Waals surface area contributed by atoms with Crippen LogP contribution in [0.4, 0.5) is 0 Å². The van der Waals surface area contributed by atoms with Gasteiger partial charge in [0.1, 0.15) is 11.0 Å². The van der Waals surface area contributed by atoms with E-state index in [-0.39, 0.29) is 0 Å². The van der Waals surface area contributed by atoms with E-state index in [9.17, 15) is 0 Å². The number of piperidine rings is 1. The van der Waals surface area contributed by atoms with E-state index >= 15 is 0 Å². The fraction of sp³-hybridized carbons (Fsp3) is 0.556. The minimum atomic E-state index is 0.358. The molecule has 174 valence electrons. The molecule has 0 amide bonds. The molecule has 6 heteroatoms. The molecule has 2 aliphatic heterocycles. The highest BCUT2D eigenvalue weighted by Gasteiger charge is 2.31. The van der Waals surface area contributed by atoms with Gasteiger partial charge in [-0.05, 0) is 90.6 Å². The number of benzene rings is 2. The van der Waals surface area contributed by atoms with Crippen LogP contribution in [-0.2, 0) is 24.1 Å². The summed E-state index contributed by atoms with van der Waals surface area (Å²) in [4.78, 5) is 5.36. The Morgan fingerprint density at radius 2 is 1.73 bits per heavy atom. The van der Waals surface area contributed by atoms with Crippen LogP contribution >= 0.6 is 0 Å². The highest BCUT2D eigenvalue weighted by molar-refractivity contribution is 5.76. The molecular formula is C27H34N4O2. The third-order valence-electron chi connectivity index (χ3n) is 7.96.